The van der Waals surface area contributed by atoms with E-state index in [-0.39, 0.29) is 17.6 Å². The van der Waals surface area contributed by atoms with Gasteiger partial charge in [0.1, 0.15) is 5.00 Å². The summed E-state index contributed by atoms with van der Waals surface area (Å²) in [7, 11) is 0. The van der Waals surface area contributed by atoms with Crippen LogP contribution < -0.4 is 5.32 Å². The molecule has 4 rings (SSSR count). The molecule has 0 fully saturated rings. The molecule has 174 valence electrons. The van der Waals surface area contributed by atoms with Gasteiger partial charge in [0, 0.05) is 17.0 Å². The van der Waals surface area contributed by atoms with Crippen molar-refractivity contribution >= 4 is 40.0 Å². The Hall–Kier alpha value is -2.65. The third kappa shape index (κ3) is 5.14. The van der Waals surface area contributed by atoms with Gasteiger partial charge in [-0.15, -0.1) is 21.5 Å². The second-order valence-electron chi connectivity index (χ2n) is 8.03. The van der Waals surface area contributed by atoms with Gasteiger partial charge in [-0.3, -0.25) is 4.79 Å². The van der Waals surface area contributed by atoms with Crippen molar-refractivity contribution in [2.45, 2.75) is 51.7 Å². The van der Waals surface area contributed by atoms with Gasteiger partial charge >= 0.3 is 5.97 Å². The van der Waals surface area contributed by atoms with Gasteiger partial charge in [-0.1, -0.05) is 49.0 Å². The largest absolute Gasteiger partial charge is 0.462 e. The molecule has 1 atom stereocenters. The standard InChI is InChI=1S/C24H28N4O3S2/c1-4-28-21(16-9-7-6-8-10-16)26-27-24(28)32-14-19(29)25-22-20(23(30)31-5-2)17-12-11-15(3)13-18(17)33-22/h6-10,15H,4-5,11-14H2,1-3H3,(H,25,29). The lowest BCUT2D eigenvalue weighted by molar-refractivity contribution is -0.113. The minimum absolute atomic E-state index is 0.175. The summed E-state index contributed by atoms with van der Waals surface area (Å²) >= 11 is 2.84. The lowest BCUT2D eigenvalue weighted by atomic mass is 9.88. The molecule has 7 nitrogen and oxygen atoms in total. The number of amides is 1. The van der Waals surface area contributed by atoms with E-state index in [4.69, 9.17) is 4.74 Å². The lowest BCUT2D eigenvalue weighted by Crippen LogP contribution is -2.18. The number of ether oxygens (including phenoxy) is 1. The molecule has 2 heterocycles. The average molecular weight is 485 g/mol. The second kappa shape index (κ2) is 10.5. The molecule has 0 saturated carbocycles. The van der Waals surface area contributed by atoms with Gasteiger partial charge in [0.15, 0.2) is 11.0 Å². The van der Waals surface area contributed by atoms with E-state index in [1.807, 2.05) is 41.8 Å². The highest BCUT2D eigenvalue weighted by Gasteiger charge is 2.29. The first-order chi connectivity index (χ1) is 16.0. The first-order valence-electron chi connectivity index (χ1n) is 11.2. The van der Waals surface area contributed by atoms with Crippen LogP contribution in [0.25, 0.3) is 11.4 Å². The van der Waals surface area contributed by atoms with Gasteiger partial charge in [-0.05, 0) is 44.6 Å². The highest BCUT2D eigenvalue weighted by Crippen LogP contribution is 2.40. The molecule has 1 aliphatic carbocycles. The van der Waals surface area contributed by atoms with E-state index in [9.17, 15) is 9.59 Å². The SMILES string of the molecule is CCOC(=O)c1c(NC(=O)CSc2nnc(-c3ccccc3)n2CC)sc2c1CCC(C)C2. The quantitative estimate of drug-likeness (QED) is 0.355. The van der Waals surface area contributed by atoms with Gasteiger partial charge in [-0.2, -0.15) is 0 Å². The Morgan fingerprint density at radius 1 is 1.24 bits per heavy atom. The molecule has 2 aromatic heterocycles. The van der Waals surface area contributed by atoms with E-state index in [2.05, 4.69) is 22.4 Å². The Morgan fingerprint density at radius 3 is 2.76 bits per heavy atom. The fourth-order valence-electron chi connectivity index (χ4n) is 4.03. The fraction of sp³-hybridized carbons (Fsp3) is 0.417. The van der Waals surface area contributed by atoms with Crippen LogP contribution in [0, 0.1) is 5.92 Å². The number of carbonyl (C=O) groups excluding carboxylic acids is 2. The van der Waals surface area contributed by atoms with Crippen LogP contribution in [0.1, 0.15) is 48.0 Å². The summed E-state index contributed by atoms with van der Waals surface area (Å²) in [5, 5.41) is 12.9. The van der Waals surface area contributed by atoms with Crippen LogP contribution in [0.15, 0.2) is 35.5 Å². The number of fused-ring (bicyclic) bond motifs is 1. The highest BCUT2D eigenvalue weighted by atomic mass is 32.2. The smallest absolute Gasteiger partial charge is 0.341 e. The molecule has 0 aliphatic heterocycles. The predicted octanol–water partition coefficient (Wildman–Crippen LogP) is 5.06. The van der Waals surface area contributed by atoms with Crippen LogP contribution in [0.4, 0.5) is 5.00 Å². The molecule has 0 radical (unpaired) electrons. The topological polar surface area (TPSA) is 86.1 Å². The van der Waals surface area contributed by atoms with E-state index >= 15 is 0 Å². The molecule has 1 amide bonds. The average Bonchev–Trinajstić information content (AvgIpc) is 3.38. The van der Waals surface area contributed by atoms with Gasteiger partial charge in [0.2, 0.25) is 5.91 Å². The van der Waals surface area contributed by atoms with E-state index in [0.717, 1.165) is 36.2 Å². The number of hydrogen-bond donors (Lipinski definition) is 1. The highest BCUT2D eigenvalue weighted by molar-refractivity contribution is 7.99. The molecule has 33 heavy (non-hydrogen) atoms. The van der Waals surface area contributed by atoms with Crippen molar-refractivity contribution in [1.82, 2.24) is 14.8 Å². The first-order valence-corrected chi connectivity index (χ1v) is 13.0. The molecule has 1 N–H and O–H groups in total. The minimum Gasteiger partial charge on any atom is -0.462 e. The molecule has 1 aromatic carbocycles. The van der Waals surface area contributed by atoms with E-state index < -0.39 is 0 Å². The number of aromatic nitrogens is 3. The van der Waals surface area contributed by atoms with Crippen molar-refractivity contribution in [2.75, 3.05) is 17.7 Å². The maximum Gasteiger partial charge on any atom is 0.341 e. The predicted molar refractivity (Wildman–Crippen MR) is 132 cm³/mol. The van der Waals surface area contributed by atoms with Crippen LogP contribution in [-0.4, -0.2) is 39.0 Å². The number of esters is 1. The van der Waals surface area contributed by atoms with Crippen molar-refractivity contribution in [3.63, 3.8) is 0 Å². The van der Waals surface area contributed by atoms with Crippen LogP contribution >= 0.6 is 23.1 Å². The van der Waals surface area contributed by atoms with Crippen molar-refractivity contribution in [3.05, 3.63) is 46.3 Å². The molecular weight excluding hydrogens is 456 g/mol. The molecule has 0 bridgehead atoms. The third-order valence-corrected chi connectivity index (χ3v) is 7.78. The maximum atomic E-state index is 12.8. The molecule has 1 unspecified atom stereocenters. The summed E-state index contributed by atoms with van der Waals surface area (Å²) in [4.78, 5) is 26.7. The Balaban J connectivity index is 1.49. The zero-order valence-electron chi connectivity index (χ0n) is 19.1. The Kier molecular flexibility index (Phi) is 7.49. The van der Waals surface area contributed by atoms with Crippen molar-refractivity contribution in [3.8, 4) is 11.4 Å². The summed E-state index contributed by atoms with van der Waals surface area (Å²) in [6.45, 7) is 7.04. The Morgan fingerprint density at radius 2 is 2.03 bits per heavy atom. The lowest BCUT2D eigenvalue weighted by Gasteiger charge is -2.18. The number of nitrogens with one attached hydrogen (secondary N) is 1. The molecular formula is C24H28N4O3S2. The maximum absolute atomic E-state index is 12.8. The van der Waals surface area contributed by atoms with E-state index in [1.54, 1.807) is 6.92 Å². The summed E-state index contributed by atoms with van der Waals surface area (Å²) in [5.74, 6) is 0.999. The normalized spacial score (nSPS) is 15.2. The number of rotatable bonds is 8. The van der Waals surface area contributed by atoms with Crippen LogP contribution in [-0.2, 0) is 28.9 Å². The fourth-order valence-corrected chi connectivity index (χ4v) is 6.25. The number of nitrogens with zero attached hydrogens (tertiary/aromatic N) is 3. The number of carbonyl (C=O) groups is 2. The van der Waals surface area contributed by atoms with Crippen molar-refractivity contribution in [2.24, 2.45) is 5.92 Å². The monoisotopic (exact) mass is 484 g/mol. The summed E-state index contributed by atoms with van der Waals surface area (Å²) < 4.78 is 7.30. The summed E-state index contributed by atoms with van der Waals surface area (Å²) in [6, 6.07) is 9.88. The number of thioether (sulfide) groups is 1. The van der Waals surface area contributed by atoms with Crippen LogP contribution in [0.3, 0.4) is 0 Å². The van der Waals surface area contributed by atoms with E-state index in [0.29, 0.717) is 34.8 Å². The van der Waals surface area contributed by atoms with E-state index in [1.165, 1.54) is 28.0 Å². The first kappa shape index (κ1) is 23.5. The van der Waals surface area contributed by atoms with Crippen molar-refractivity contribution < 1.29 is 14.3 Å². The van der Waals surface area contributed by atoms with Gasteiger partial charge in [-0.25, -0.2) is 4.79 Å². The molecule has 3 aromatic rings. The number of thiophene rings is 1. The molecule has 9 heteroatoms. The van der Waals surface area contributed by atoms with Gasteiger partial charge < -0.3 is 14.6 Å². The van der Waals surface area contributed by atoms with Gasteiger partial charge in [0.25, 0.3) is 0 Å². The van der Waals surface area contributed by atoms with Crippen LogP contribution in [0.5, 0.6) is 0 Å². The third-order valence-electron chi connectivity index (χ3n) is 5.64. The molecule has 0 spiro atoms. The number of anilines is 1. The number of benzene rings is 1. The zero-order chi connectivity index (χ0) is 23.4. The van der Waals surface area contributed by atoms with Crippen molar-refractivity contribution in [1.29, 1.82) is 0 Å². The molecule has 1 aliphatic rings. The van der Waals surface area contributed by atoms with Crippen LogP contribution in [0.2, 0.25) is 0 Å². The number of hydrogen-bond acceptors (Lipinski definition) is 7. The Labute approximate surface area is 201 Å². The second-order valence-corrected chi connectivity index (χ2v) is 10.1. The molecule has 0 saturated heterocycles. The minimum atomic E-state index is -0.356. The zero-order valence-corrected chi connectivity index (χ0v) is 20.7. The summed E-state index contributed by atoms with van der Waals surface area (Å²) in [6.07, 6.45) is 2.81. The Bertz CT molecular complexity index is 1140. The summed E-state index contributed by atoms with van der Waals surface area (Å²) in [5.41, 5.74) is 2.56. The van der Waals surface area contributed by atoms with Gasteiger partial charge in [0.05, 0.1) is 17.9 Å².